The molecule has 1 rings (SSSR count). The molecule has 1 fully saturated rings. The van der Waals surface area contributed by atoms with E-state index >= 15 is 0 Å². The predicted molar refractivity (Wildman–Crippen MR) is 43.7 cm³/mol. The third kappa shape index (κ3) is 1.41. The standard InChI is InChI=1S/C7H15NS/c1-6(2)7(3)8-4-5-9-7/h6,8H,4-5H2,1-3H3. The topological polar surface area (TPSA) is 12.0 Å². The van der Waals surface area contributed by atoms with E-state index in [2.05, 4.69) is 26.1 Å². The second-order valence-corrected chi connectivity index (χ2v) is 4.58. The second-order valence-electron chi connectivity index (χ2n) is 3.04. The van der Waals surface area contributed by atoms with Crippen LogP contribution in [0.1, 0.15) is 20.8 Å². The van der Waals surface area contributed by atoms with Gasteiger partial charge in [0.05, 0.1) is 4.87 Å². The first-order valence-electron chi connectivity index (χ1n) is 3.54. The summed E-state index contributed by atoms with van der Waals surface area (Å²) in [5, 5.41) is 3.50. The van der Waals surface area contributed by atoms with Crippen molar-refractivity contribution in [3.63, 3.8) is 0 Å². The second kappa shape index (κ2) is 2.51. The maximum atomic E-state index is 3.50. The van der Waals surface area contributed by atoms with E-state index in [1.807, 2.05) is 11.8 Å². The van der Waals surface area contributed by atoms with E-state index < -0.39 is 0 Å². The van der Waals surface area contributed by atoms with Crippen molar-refractivity contribution < 1.29 is 0 Å². The monoisotopic (exact) mass is 145 g/mol. The number of rotatable bonds is 1. The zero-order valence-corrected chi connectivity index (χ0v) is 7.22. The Morgan fingerprint density at radius 1 is 1.56 bits per heavy atom. The van der Waals surface area contributed by atoms with Crippen LogP contribution < -0.4 is 5.32 Å². The van der Waals surface area contributed by atoms with Gasteiger partial charge < -0.3 is 5.32 Å². The molecule has 9 heavy (non-hydrogen) atoms. The van der Waals surface area contributed by atoms with Gasteiger partial charge in [0.1, 0.15) is 0 Å². The van der Waals surface area contributed by atoms with E-state index in [9.17, 15) is 0 Å². The molecule has 2 heteroatoms. The van der Waals surface area contributed by atoms with Crippen LogP contribution in [0.4, 0.5) is 0 Å². The van der Waals surface area contributed by atoms with Crippen molar-refractivity contribution in [2.75, 3.05) is 12.3 Å². The van der Waals surface area contributed by atoms with E-state index in [0.717, 1.165) is 5.92 Å². The molecule has 0 amide bonds. The van der Waals surface area contributed by atoms with Crippen LogP contribution in [0.15, 0.2) is 0 Å². The lowest BCUT2D eigenvalue weighted by Gasteiger charge is -2.27. The van der Waals surface area contributed by atoms with Crippen molar-refractivity contribution in [2.24, 2.45) is 5.92 Å². The van der Waals surface area contributed by atoms with Gasteiger partial charge in [-0.1, -0.05) is 13.8 Å². The van der Waals surface area contributed by atoms with Gasteiger partial charge in [-0.2, -0.15) is 0 Å². The number of hydrogen-bond acceptors (Lipinski definition) is 2. The highest BCUT2D eigenvalue weighted by atomic mass is 32.2. The highest BCUT2D eigenvalue weighted by molar-refractivity contribution is 8.00. The summed E-state index contributed by atoms with van der Waals surface area (Å²) in [6.07, 6.45) is 0. The van der Waals surface area contributed by atoms with Crippen molar-refractivity contribution >= 4 is 11.8 Å². The molecule has 1 saturated heterocycles. The SMILES string of the molecule is CC(C)C1(C)NCCS1. The first kappa shape index (κ1) is 7.42. The molecule has 0 aliphatic carbocycles. The minimum atomic E-state index is 0.361. The maximum absolute atomic E-state index is 3.50. The Kier molecular flexibility index (Phi) is 2.07. The molecule has 0 saturated carbocycles. The summed E-state index contributed by atoms with van der Waals surface area (Å²) < 4.78 is 0. The zero-order chi connectivity index (χ0) is 6.91. The van der Waals surface area contributed by atoms with Gasteiger partial charge in [0, 0.05) is 12.3 Å². The molecular formula is C7H15NS. The van der Waals surface area contributed by atoms with E-state index in [-0.39, 0.29) is 0 Å². The van der Waals surface area contributed by atoms with Crippen LogP contribution >= 0.6 is 11.8 Å². The summed E-state index contributed by atoms with van der Waals surface area (Å²) in [5.74, 6) is 2.01. The average Bonchev–Trinajstić information content (AvgIpc) is 2.16. The molecule has 1 atom stereocenters. The number of hydrogen-bond donors (Lipinski definition) is 1. The van der Waals surface area contributed by atoms with Crippen LogP contribution in [0.3, 0.4) is 0 Å². The molecule has 1 N–H and O–H groups in total. The Morgan fingerprint density at radius 2 is 2.22 bits per heavy atom. The molecule has 0 radical (unpaired) electrons. The van der Waals surface area contributed by atoms with Crippen molar-refractivity contribution in [1.82, 2.24) is 5.32 Å². The van der Waals surface area contributed by atoms with E-state index in [1.165, 1.54) is 12.3 Å². The lowest BCUT2D eigenvalue weighted by atomic mass is 10.1. The molecule has 1 unspecified atom stereocenters. The third-order valence-corrected chi connectivity index (χ3v) is 3.71. The Bertz CT molecular complexity index is 95.1. The zero-order valence-electron chi connectivity index (χ0n) is 6.40. The fourth-order valence-corrected chi connectivity index (χ4v) is 2.15. The van der Waals surface area contributed by atoms with Gasteiger partial charge in [-0.3, -0.25) is 0 Å². The summed E-state index contributed by atoms with van der Waals surface area (Å²) in [4.78, 5) is 0.361. The first-order valence-corrected chi connectivity index (χ1v) is 4.53. The molecule has 1 aliphatic heterocycles. The van der Waals surface area contributed by atoms with E-state index in [4.69, 9.17) is 0 Å². The Labute approximate surface area is 61.6 Å². The molecule has 0 bridgehead atoms. The third-order valence-electron chi connectivity index (χ3n) is 2.08. The Hall–Kier alpha value is 0.310. The highest BCUT2D eigenvalue weighted by Crippen LogP contribution is 2.33. The molecule has 1 nitrogen and oxygen atoms in total. The van der Waals surface area contributed by atoms with Gasteiger partial charge in [-0.25, -0.2) is 0 Å². The number of nitrogens with one attached hydrogen (secondary N) is 1. The summed E-state index contributed by atoms with van der Waals surface area (Å²) in [6.45, 7) is 8.01. The number of thioether (sulfide) groups is 1. The summed E-state index contributed by atoms with van der Waals surface area (Å²) in [6, 6.07) is 0. The van der Waals surface area contributed by atoms with Crippen LogP contribution in [0.2, 0.25) is 0 Å². The molecule has 0 aromatic heterocycles. The lowest BCUT2D eigenvalue weighted by molar-refractivity contribution is 0.411. The maximum Gasteiger partial charge on any atom is 0.0640 e. The van der Waals surface area contributed by atoms with Crippen LogP contribution in [0.25, 0.3) is 0 Å². The largest absolute Gasteiger partial charge is 0.302 e. The van der Waals surface area contributed by atoms with Gasteiger partial charge in [0.2, 0.25) is 0 Å². The van der Waals surface area contributed by atoms with Gasteiger partial charge in [-0.15, -0.1) is 11.8 Å². The van der Waals surface area contributed by atoms with Crippen molar-refractivity contribution in [3.05, 3.63) is 0 Å². The molecule has 0 aromatic carbocycles. The molecule has 1 heterocycles. The fraction of sp³-hybridized carbons (Fsp3) is 1.00. The van der Waals surface area contributed by atoms with Crippen LogP contribution in [0.5, 0.6) is 0 Å². The molecule has 0 spiro atoms. The van der Waals surface area contributed by atoms with Gasteiger partial charge in [0.15, 0.2) is 0 Å². The van der Waals surface area contributed by atoms with Gasteiger partial charge >= 0.3 is 0 Å². The molecular weight excluding hydrogens is 130 g/mol. The van der Waals surface area contributed by atoms with Gasteiger partial charge in [-0.05, 0) is 12.8 Å². The van der Waals surface area contributed by atoms with Crippen molar-refractivity contribution in [2.45, 2.75) is 25.6 Å². The van der Waals surface area contributed by atoms with Gasteiger partial charge in [0.25, 0.3) is 0 Å². The van der Waals surface area contributed by atoms with Crippen LogP contribution in [-0.4, -0.2) is 17.2 Å². The Morgan fingerprint density at radius 3 is 2.44 bits per heavy atom. The van der Waals surface area contributed by atoms with E-state index in [1.54, 1.807) is 0 Å². The molecule has 1 aliphatic rings. The quantitative estimate of drug-likeness (QED) is 0.602. The summed E-state index contributed by atoms with van der Waals surface area (Å²) in [7, 11) is 0. The Balaban J connectivity index is 2.51. The van der Waals surface area contributed by atoms with E-state index in [0.29, 0.717) is 4.87 Å². The first-order chi connectivity index (χ1) is 4.15. The average molecular weight is 145 g/mol. The highest BCUT2D eigenvalue weighted by Gasteiger charge is 2.31. The molecule has 0 aromatic rings. The van der Waals surface area contributed by atoms with Crippen LogP contribution in [-0.2, 0) is 0 Å². The summed E-state index contributed by atoms with van der Waals surface area (Å²) >= 11 is 2.04. The lowest BCUT2D eigenvalue weighted by Crippen LogP contribution is -2.38. The predicted octanol–water partition coefficient (Wildman–Crippen LogP) is 1.70. The summed E-state index contributed by atoms with van der Waals surface area (Å²) in [5.41, 5.74) is 0. The minimum Gasteiger partial charge on any atom is -0.302 e. The smallest absolute Gasteiger partial charge is 0.0640 e. The van der Waals surface area contributed by atoms with Crippen molar-refractivity contribution in [3.8, 4) is 0 Å². The molecule has 54 valence electrons. The van der Waals surface area contributed by atoms with Crippen LogP contribution in [0, 0.1) is 5.92 Å². The minimum absolute atomic E-state index is 0.361. The van der Waals surface area contributed by atoms with Crippen molar-refractivity contribution in [1.29, 1.82) is 0 Å². The normalized spacial score (nSPS) is 36.0. The fourth-order valence-electron chi connectivity index (χ4n) is 0.984.